The second-order valence-electron chi connectivity index (χ2n) is 8.85. The van der Waals surface area contributed by atoms with Gasteiger partial charge in [0.05, 0.1) is 5.69 Å². The molecule has 7 heteroatoms. The number of nitrogens with one attached hydrogen (secondary N) is 1. The number of amides is 1. The van der Waals surface area contributed by atoms with Crippen LogP contribution in [0.2, 0.25) is 0 Å². The molecule has 1 N–H and O–H groups in total. The number of piperazine rings is 1. The van der Waals surface area contributed by atoms with Crippen LogP contribution in [-0.2, 0) is 13.1 Å². The molecule has 1 fully saturated rings. The molecule has 2 heterocycles. The summed E-state index contributed by atoms with van der Waals surface area (Å²) in [6.07, 6.45) is 0. The molecule has 5 nitrogen and oxygen atoms in total. The number of anilines is 1. The number of hydrogen-bond acceptors (Lipinski definition) is 3. The maximum Gasteiger partial charge on any atom is 0.268 e. The van der Waals surface area contributed by atoms with E-state index in [1.165, 1.54) is 24.3 Å². The molecule has 0 bridgehead atoms. The average Bonchev–Trinajstić information content (AvgIpc) is 3.07. The van der Waals surface area contributed by atoms with Crippen molar-refractivity contribution in [2.24, 2.45) is 0 Å². The second kappa shape index (κ2) is 10.4. The van der Waals surface area contributed by atoms with Gasteiger partial charge in [0.15, 0.2) is 0 Å². The molecular weight excluding hydrogens is 434 g/mol. The number of hydrogen-bond donors (Lipinski definition) is 1. The first kappa shape index (κ1) is 24.0. The number of halogens is 2. The summed E-state index contributed by atoms with van der Waals surface area (Å²) < 4.78 is 29.1. The Kier molecular flexibility index (Phi) is 7.32. The monoisotopic (exact) mass is 466 g/mol. The number of carbonyl (C=O) groups is 1. The van der Waals surface area contributed by atoms with Gasteiger partial charge in [-0.1, -0.05) is 31.2 Å². The Morgan fingerprint density at radius 3 is 2.29 bits per heavy atom. The van der Waals surface area contributed by atoms with Crippen LogP contribution in [0.4, 0.5) is 14.5 Å². The van der Waals surface area contributed by atoms with Crippen molar-refractivity contribution in [3.8, 4) is 0 Å². The van der Waals surface area contributed by atoms with E-state index in [0.29, 0.717) is 18.8 Å². The zero-order chi connectivity index (χ0) is 24.2. The summed E-state index contributed by atoms with van der Waals surface area (Å²) in [7, 11) is 0. The Balaban J connectivity index is 1.66. The summed E-state index contributed by atoms with van der Waals surface area (Å²) >= 11 is 0. The predicted octanol–water partition coefficient (Wildman–Crippen LogP) is 4.50. The molecule has 1 amide bonds. The van der Waals surface area contributed by atoms with Crippen LogP contribution in [-0.4, -0.2) is 48.1 Å². The van der Waals surface area contributed by atoms with Crippen molar-refractivity contribution in [2.75, 3.05) is 37.6 Å². The molecule has 2 aromatic carbocycles. The standard InChI is InChI=1S/C27H32F2N4O/c1-4-31-12-14-32(15-13-31)25-19(2)26(27(34)30-17-21-8-10-23(28)11-9-21)33(20(25)3)18-22-6-5-7-24(29)16-22/h5-11,16H,4,12-15,17-18H2,1-3H3,(H,30,34). The normalized spacial score (nSPS) is 14.4. The third-order valence-corrected chi connectivity index (χ3v) is 6.67. The van der Waals surface area contributed by atoms with Crippen LogP contribution >= 0.6 is 0 Å². The summed E-state index contributed by atoms with van der Waals surface area (Å²) in [5, 5.41) is 2.99. The van der Waals surface area contributed by atoms with E-state index in [2.05, 4.69) is 22.0 Å². The lowest BCUT2D eigenvalue weighted by Gasteiger charge is -2.36. The Bertz CT molecular complexity index is 1150. The summed E-state index contributed by atoms with van der Waals surface area (Å²) in [6, 6.07) is 12.6. The number of rotatable bonds is 7. The van der Waals surface area contributed by atoms with E-state index in [9.17, 15) is 13.6 Å². The molecule has 0 saturated carbocycles. The van der Waals surface area contributed by atoms with Gasteiger partial charge in [-0.05, 0) is 55.8 Å². The maximum atomic E-state index is 13.9. The number of nitrogens with zero attached hydrogens (tertiary/aromatic N) is 3. The molecule has 1 saturated heterocycles. The SMILES string of the molecule is CCN1CCN(c2c(C)c(C(=O)NCc3ccc(F)cc3)n(Cc3cccc(F)c3)c2C)CC1. The molecule has 0 atom stereocenters. The summed E-state index contributed by atoms with van der Waals surface area (Å²) in [5.74, 6) is -0.796. The molecule has 180 valence electrons. The minimum Gasteiger partial charge on any atom is -0.367 e. The third-order valence-electron chi connectivity index (χ3n) is 6.67. The molecular formula is C27H32F2N4O. The quantitative estimate of drug-likeness (QED) is 0.557. The van der Waals surface area contributed by atoms with Crippen LogP contribution in [0.1, 0.15) is 39.8 Å². The van der Waals surface area contributed by atoms with Gasteiger partial charge in [-0.2, -0.15) is 0 Å². The van der Waals surface area contributed by atoms with Gasteiger partial charge in [-0.3, -0.25) is 4.79 Å². The van der Waals surface area contributed by atoms with Crippen molar-refractivity contribution in [3.63, 3.8) is 0 Å². The number of aromatic nitrogens is 1. The van der Waals surface area contributed by atoms with Gasteiger partial charge in [0.25, 0.3) is 5.91 Å². The molecule has 0 spiro atoms. The maximum absolute atomic E-state index is 13.9. The fraction of sp³-hybridized carbons (Fsp3) is 0.370. The van der Waals surface area contributed by atoms with Crippen molar-refractivity contribution >= 4 is 11.6 Å². The first-order chi connectivity index (χ1) is 16.4. The summed E-state index contributed by atoms with van der Waals surface area (Å²) in [4.78, 5) is 18.2. The molecule has 0 aliphatic carbocycles. The van der Waals surface area contributed by atoms with E-state index in [1.807, 2.05) is 24.5 Å². The highest BCUT2D eigenvalue weighted by atomic mass is 19.1. The van der Waals surface area contributed by atoms with Crippen molar-refractivity contribution in [1.82, 2.24) is 14.8 Å². The van der Waals surface area contributed by atoms with E-state index in [4.69, 9.17) is 0 Å². The van der Waals surface area contributed by atoms with Gasteiger partial charge in [0, 0.05) is 50.5 Å². The first-order valence-electron chi connectivity index (χ1n) is 11.8. The highest BCUT2D eigenvalue weighted by molar-refractivity contribution is 5.96. The topological polar surface area (TPSA) is 40.5 Å². The lowest BCUT2D eigenvalue weighted by Crippen LogP contribution is -2.46. The second-order valence-corrected chi connectivity index (χ2v) is 8.85. The Morgan fingerprint density at radius 1 is 0.941 bits per heavy atom. The van der Waals surface area contributed by atoms with E-state index in [-0.39, 0.29) is 17.5 Å². The number of likely N-dealkylation sites (N-methyl/N-ethyl adjacent to an activating group) is 1. The molecule has 34 heavy (non-hydrogen) atoms. The van der Waals surface area contributed by atoms with Crippen LogP contribution in [0.15, 0.2) is 48.5 Å². The van der Waals surface area contributed by atoms with Crippen molar-refractivity contribution in [1.29, 1.82) is 0 Å². The van der Waals surface area contributed by atoms with Gasteiger partial charge in [0.1, 0.15) is 17.3 Å². The van der Waals surface area contributed by atoms with E-state index in [1.54, 1.807) is 18.2 Å². The largest absolute Gasteiger partial charge is 0.367 e. The van der Waals surface area contributed by atoms with Crippen LogP contribution in [0.25, 0.3) is 0 Å². The molecule has 1 aromatic heterocycles. The zero-order valence-corrected chi connectivity index (χ0v) is 20.1. The van der Waals surface area contributed by atoms with Crippen molar-refractivity contribution in [3.05, 3.63) is 88.2 Å². The third kappa shape index (κ3) is 5.14. The average molecular weight is 467 g/mol. The zero-order valence-electron chi connectivity index (χ0n) is 20.1. The minimum atomic E-state index is -0.307. The van der Waals surface area contributed by atoms with Gasteiger partial charge < -0.3 is 19.7 Å². The van der Waals surface area contributed by atoms with Gasteiger partial charge in [-0.15, -0.1) is 0 Å². The lowest BCUT2D eigenvalue weighted by atomic mass is 10.1. The number of benzene rings is 2. The van der Waals surface area contributed by atoms with Crippen molar-refractivity contribution < 1.29 is 13.6 Å². The minimum absolute atomic E-state index is 0.195. The van der Waals surface area contributed by atoms with Crippen LogP contribution in [0.3, 0.4) is 0 Å². The molecule has 4 rings (SSSR count). The highest BCUT2D eigenvalue weighted by Crippen LogP contribution is 2.32. The molecule has 1 aliphatic rings. The van der Waals surface area contributed by atoms with Crippen molar-refractivity contribution in [2.45, 2.75) is 33.9 Å². The Hall–Kier alpha value is -3.19. The first-order valence-corrected chi connectivity index (χ1v) is 11.8. The lowest BCUT2D eigenvalue weighted by molar-refractivity contribution is 0.0941. The number of carbonyl (C=O) groups excluding carboxylic acids is 1. The van der Waals surface area contributed by atoms with Gasteiger partial charge in [0.2, 0.25) is 0 Å². The van der Waals surface area contributed by atoms with E-state index in [0.717, 1.165) is 60.8 Å². The molecule has 1 aliphatic heterocycles. The van der Waals surface area contributed by atoms with Gasteiger partial charge in [-0.25, -0.2) is 8.78 Å². The van der Waals surface area contributed by atoms with Crippen LogP contribution in [0.5, 0.6) is 0 Å². The highest BCUT2D eigenvalue weighted by Gasteiger charge is 2.27. The molecule has 3 aromatic rings. The van der Waals surface area contributed by atoms with Gasteiger partial charge >= 0.3 is 0 Å². The fourth-order valence-corrected chi connectivity index (χ4v) is 4.81. The Morgan fingerprint density at radius 2 is 1.65 bits per heavy atom. The molecule has 0 unspecified atom stereocenters. The van der Waals surface area contributed by atoms with Crippen LogP contribution in [0, 0.1) is 25.5 Å². The fourth-order valence-electron chi connectivity index (χ4n) is 4.81. The van der Waals surface area contributed by atoms with Crippen LogP contribution < -0.4 is 10.2 Å². The molecule has 0 radical (unpaired) electrons. The Labute approximate surface area is 200 Å². The summed E-state index contributed by atoms with van der Waals surface area (Å²) in [5.41, 5.74) is 5.21. The predicted molar refractivity (Wildman–Crippen MR) is 131 cm³/mol. The summed E-state index contributed by atoms with van der Waals surface area (Å²) in [6.45, 7) is 11.7. The van der Waals surface area contributed by atoms with E-state index >= 15 is 0 Å². The smallest absolute Gasteiger partial charge is 0.268 e. The van der Waals surface area contributed by atoms with E-state index < -0.39 is 0 Å².